The summed E-state index contributed by atoms with van der Waals surface area (Å²) in [5.41, 5.74) is 9.05. The number of nitrogens with one attached hydrogen (secondary N) is 1. The summed E-state index contributed by atoms with van der Waals surface area (Å²) in [4.78, 5) is 12.1. The summed E-state index contributed by atoms with van der Waals surface area (Å²) in [6.07, 6.45) is 0.322. The summed E-state index contributed by atoms with van der Waals surface area (Å²) in [7, 11) is 0. The van der Waals surface area contributed by atoms with Gasteiger partial charge in [0.15, 0.2) is 0 Å². The molecule has 2 aromatic rings. The Bertz CT molecular complexity index is 616. The second-order valence-electron chi connectivity index (χ2n) is 4.54. The quantitative estimate of drug-likeness (QED) is 0.759. The lowest BCUT2D eigenvalue weighted by Crippen LogP contribution is -2.16. The molecule has 0 bridgehead atoms. The normalized spacial score (nSPS) is 10.3. The third-order valence-corrected chi connectivity index (χ3v) is 3.86. The Labute approximate surface area is 134 Å². The summed E-state index contributed by atoms with van der Waals surface area (Å²) in [6.45, 7) is 1.91. The molecule has 3 N–H and O–H groups in total. The van der Waals surface area contributed by atoms with Crippen LogP contribution in [0.3, 0.4) is 0 Å². The fourth-order valence-corrected chi connectivity index (χ4v) is 2.77. The van der Waals surface area contributed by atoms with E-state index >= 15 is 0 Å². The van der Waals surface area contributed by atoms with Crippen LogP contribution in [0.4, 0.5) is 11.4 Å². The van der Waals surface area contributed by atoms with Crippen molar-refractivity contribution in [2.75, 3.05) is 11.1 Å². The number of carbonyl (C=O) groups is 1. The highest BCUT2D eigenvalue weighted by molar-refractivity contribution is 9.10. The van der Waals surface area contributed by atoms with E-state index in [4.69, 9.17) is 5.73 Å². The Morgan fingerprint density at radius 1 is 1.15 bits per heavy atom. The smallest absolute Gasteiger partial charge is 0.228 e. The molecule has 2 aromatic carbocycles. The number of benzene rings is 2. The zero-order valence-corrected chi connectivity index (χ0v) is 14.1. The fraction of sp³-hybridized carbons (Fsp3) is 0.133. The Morgan fingerprint density at radius 2 is 1.80 bits per heavy atom. The monoisotopic (exact) mass is 396 g/mol. The molecule has 0 aromatic heterocycles. The zero-order chi connectivity index (χ0) is 14.7. The van der Waals surface area contributed by atoms with Gasteiger partial charge in [0.2, 0.25) is 5.91 Å². The number of aryl methyl sites for hydroxylation is 1. The molecular formula is C15H14Br2N2O. The summed E-state index contributed by atoms with van der Waals surface area (Å²) >= 11 is 6.75. The van der Waals surface area contributed by atoms with Crippen LogP contribution in [0, 0.1) is 6.92 Å². The van der Waals surface area contributed by atoms with Gasteiger partial charge in [-0.05, 0) is 42.3 Å². The van der Waals surface area contributed by atoms with Crippen LogP contribution in [-0.2, 0) is 11.2 Å². The van der Waals surface area contributed by atoms with Crippen molar-refractivity contribution in [1.29, 1.82) is 0 Å². The van der Waals surface area contributed by atoms with Crippen molar-refractivity contribution in [3.63, 3.8) is 0 Å². The van der Waals surface area contributed by atoms with Crippen molar-refractivity contribution in [3.8, 4) is 0 Å². The average Bonchev–Trinajstić information content (AvgIpc) is 2.36. The lowest BCUT2D eigenvalue weighted by Gasteiger charge is -2.12. The molecule has 1 amide bonds. The number of hydrogen-bond donors (Lipinski definition) is 2. The molecule has 0 aliphatic heterocycles. The van der Waals surface area contributed by atoms with Crippen LogP contribution < -0.4 is 11.1 Å². The maximum Gasteiger partial charge on any atom is 0.228 e. The van der Waals surface area contributed by atoms with E-state index in [9.17, 15) is 4.79 Å². The second-order valence-corrected chi connectivity index (χ2v) is 6.37. The van der Waals surface area contributed by atoms with Crippen molar-refractivity contribution in [2.45, 2.75) is 13.3 Å². The first kappa shape index (κ1) is 15.1. The lowest BCUT2D eigenvalue weighted by molar-refractivity contribution is -0.115. The highest BCUT2D eigenvalue weighted by Crippen LogP contribution is 2.27. The molecule has 104 valence electrons. The van der Waals surface area contributed by atoms with Crippen molar-refractivity contribution < 1.29 is 4.79 Å². The van der Waals surface area contributed by atoms with Gasteiger partial charge in [0.1, 0.15) is 0 Å². The van der Waals surface area contributed by atoms with Gasteiger partial charge in [0, 0.05) is 8.95 Å². The summed E-state index contributed by atoms with van der Waals surface area (Å²) in [5, 5.41) is 2.87. The topological polar surface area (TPSA) is 55.1 Å². The molecule has 20 heavy (non-hydrogen) atoms. The summed E-state index contributed by atoms with van der Waals surface area (Å²) in [5.74, 6) is -0.0792. The molecule has 0 radical (unpaired) electrons. The number of nitrogens with two attached hydrogens (primary N) is 1. The minimum atomic E-state index is -0.0792. The van der Waals surface area contributed by atoms with Gasteiger partial charge in [-0.3, -0.25) is 4.79 Å². The van der Waals surface area contributed by atoms with Gasteiger partial charge in [-0.15, -0.1) is 0 Å². The minimum Gasteiger partial charge on any atom is -0.397 e. The lowest BCUT2D eigenvalue weighted by atomic mass is 10.1. The molecule has 0 unspecified atom stereocenters. The number of nitrogen functional groups attached to an aromatic ring is 1. The van der Waals surface area contributed by atoms with Gasteiger partial charge in [0.25, 0.3) is 0 Å². The molecule has 0 saturated carbocycles. The van der Waals surface area contributed by atoms with E-state index in [-0.39, 0.29) is 5.91 Å². The Kier molecular flexibility index (Phi) is 4.83. The fourth-order valence-electron chi connectivity index (χ4n) is 1.91. The molecule has 0 aliphatic carbocycles. The SMILES string of the molecule is Cc1cc(Br)cc(N)c1NC(=O)Cc1ccc(Br)cc1. The molecule has 0 atom stereocenters. The molecule has 5 heteroatoms. The van der Waals surface area contributed by atoms with Crippen LogP contribution in [0.5, 0.6) is 0 Å². The van der Waals surface area contributed by atoms with E-state index in [0.717, 1.165) is 20.1 Å². The van der Waals surface area contributed by atoms with Crippen LogP contribution in [0.25, 0.3) is 0 Å². The summed E-state index contributed by atoms with van der Waals surface area (Å²) < 4.78 is 1.90. The van der Waals surface area contributed by atoms with Crippen LogP contribution in [0.2, 0.25) is 0 Å². The minimum absolute atomic E-state index is 0.0792. The predicted molar refractivity (Wildman–Crippen MR) is 89.8 cm³/mol. The Balaban J connectivity index is 2.10. The van der Waals surface area contributed by atoms with Crippen molar-refractivity contribution in [2.24, 2.45) is 0 Å². The van der Waals surface area contributed by atoms with Gasteiger partial charge in [0.05, 0.1) is 17.8 Å². The second kappa shape index (κ2) is 6.41. The van der Waals surface area contributed by atoms with Gasteiger partial charge >= 0.3 is 0 Å². The summed E-state index contributed by atoms with van der Waals surface area (Å²) in [6, 6.07) is 11.4. The number of halogens is 2. The van der Waals surface area contributed by atoms with E-state index in [1.807, 2.05) is 37.3 Å². The molecule has 0 fully saturated rings. The molecule has 0 heterocycles. The predicted octanol–water partition coefficient (Wildman–Crippen LogP) is 4.28. The number of hydrogen-bond acceptors (Lipinski definition) is 2. The maximum atomic E-state index is 12.1. The van der Waals surface area contributed by atoms with Crippen LogP contribution in [0.1, 0.15) is 11.1 Å². The molecule has 0 spiro atoms. The van der Waals surface area contributed by atoms with Crippen molar-refractivity contribution >= 4 is 49.1 Å². The van der Waals surface area contributed by atoms with E-state index in [0.29, 0.717) is 17.8 Å². The standard InChI is InChI=1S/C15H14Br2N2O/c1-9-6-12(17)8-13(18)15(9)19-14(20)7-10-2-4-11(16)5-3-10/h2-6,8H,7,18H2,1H3,(H,19,20). The number of anilines is 2. The molecule has 2 rings (SSSR count). The maximum absolute atomic E-state index is 12.1. The largest absolute Gasteiger partial charge is 0.397 e. The zero-order valence-electron chi connectivity index (χ0n) is 10.9. The Morgan fingerprint density at radius 3 is 2.40 bits per heavy atom. The molecule has 3 nitrogen and oxygen atoms in total. The highest BCUT2D eigenvalue weighted by Gasteiger charge is 2.09. The molecule has 0 aliphatic rings. The first-order valence-electron chi connectivity index (χ1n) is 6.05. The highest BCUT2D eigenvalue weighted by atomic mass is 79.9. The van der Waals surface area contributed by atoms with Gasteiger partial charge < -0.3 is 11.1 Å². The third kappa shape index (κ3) is 3.84. The van der Waals surface area contributed by atoms with Gasteiger partial charge in [-0.25, -0.2) is 0 Å². The van der Waals surface area contributed by atoms with Crippen molar-refractivity contribution in [3.05, 3.63) is 56.5 Å². The van der Waals surface area contributed by atoms with Crippen molar-refractivity contribution in [1.82, 2.24) is 0 Å². The van der Waals surface area contributed by atoms with Crippen LogP contribution >= 0.6 is 31.9 Å². The molecule has 0 saturated heterocycles. The van der Waals surface area contributed by atoms with Gasteiger partial charge in [-0.2, -0.15) is 0 Å². The van der Waals surface area contributed by atoms with Crippen LogP contribution in [0.15, 0.2) is 45.3 Å². The van der Waals surface area contributed by atoms with E-state index in [1.54, 1.807) is 6.07 Å². The molecular weight excluding hydrogens is 384 g/mol. The van der Waals surface area contributed by atoms with E-state index in [2.05, 4.69) is 37.2 Å². The van der Waals surface area contributed by atoms with Crippen LogP contribution in [-0.4, -0.2) is 5.91 Å². The van der Waals surface area contributed by atoms with E-state index < -0.39 is 0 Å². The average molecular weight is 398 g/mol. The third-order valence-electron chi connectivity index (χ3n) is 2.87. The first-order chi connectivity index (χ1) is 9.45. The number of carbonyl (C=O) groups excluding carboxylic acids is 1. The Hall–Kier alpha value is -1.33. The number of rotatable bonds is 3. The first-order valence-corrected chi connectivity index (χ1v) is 7.64. The number of amides is 1. The van der Waals surface area contributed by atoms with E-state index in [1.165, 1.54) is 0 Å². The van der Waals surface area contributed by atoms with Gasteiger partial charge in [-0.1, -0.05) is 44.0 Å².